The van der Waals surface area contributed by atoms with Crippen LogP contribution in [0.1, 0.15) is 20.7 Å². The normalized spacial score (nSPS) is 11.1. The number of anilines is 1. The first kappa shape index (κ1) is 16.0. The standard InChI is InChI=1S/C15H9ClF3NO2/c16-20(14(22)11-4-2-1-3-5-11)12-8-6-10(7-9-12)13(21)15(17,18)19/h1-9H. The van der Waals surface area contributed by atoms with Gasteiger partial charge >= 0.3 is 6.18 Å². The number of alkyl halides is 3. The Balaban J connectivity index is 2.20. The third kappa shape index (κ3) is 3.46. The van der Waals surface area contributed by atoms with Gasteiger partial charge in [0, 0.05) is 22.9 Å². The Labute approximate surface area is 129 Å². The van der Waals surface area contributed by atoms with Gasteiger partial charge in [0.2, 0.25) is 0 Å². The molecule has 0 aliphatic rings. The second-order valence-electron chi connectivity index (χ2n) is 4.33. The fourth-order valence-corrected chi connectivity index (χ4v) is 1.93. The van der Waals surface area contributed by atoms with Crippen LogP contribution in [0.3, 0.4) is 0 Å². The number of benzene rings is 2. The summed E-state index contributed by atoms with van der Waals surface area (Å²) in [6.45, 7) is 0. The van der Waals surface area contributed by atoms with Gasteiger partial charge in [-0.3, -0.25) is 9.59 Å². The smallest absolute Gasteiger partial charge is 0.284 e. The van der Waals surface area contributed by atoms with Crippen LogP contribution >= 0.6 is 11.8 Å². The minimum absolute atomic E-state index is 0.161. The molecule has 0 atom stereocenters. The molecule has 0 heterocycles. The summed E-state index contributed by atoms with van der Waals surface area (Å²) in [5.74, 6) is -2.48. The van der Waals surface area contributed by atoms with Crippen molar-refractivity contribution in [3.8, 4) is 0 Å². The molecule has 22 heavy (non-hydrogen) atoms. The van der Waals surface area contributed by atoms with Crippen LogP contribution in [0.4, 0.5) is 18.9 Å². The molecule has 3 nitrogen and oxygen atoms in total. The number of carbonyl (C=O) groups excluding carboxylic acids is 2. The predicted octanol–water partition coefficient (Wildman–Crippen LogP) is 4.23. The molecule has 0 N–H and O–H groups in total. The predicted molar refractivity (Wildman–Crippen MR) is 75.9 cm³/mol. The first-order chi connectivity index (χ1) is 10.3. The summed E-state index contributed by atoms with van der Waals surface area (Å²) in [4.78, 5) is 23.1. The molecule has 0 aromatic heterocycles. The van der Waals surface area contributed by atoms with Crippen molar-refractivity contribution in [3.05, 3.63) is 65.7 Å². The zero-order valence-corrected chi connectivity index (χ0v) is 11.7. The molecule has 114 valence electrons. The van der Waals surface area contributed by atoms with Gasteiger partial charge in [0.15, 0.2) is 0 Å². The van der Waals surface area contributed by atoms with E-state index in [9.17, 15) is 22.8 Å². The molecule has 1 amide bonds. The van der Waals surface area contributed by atoms with E-state index < -0.39 is 23.4 Å². The lowest BCUT2D eigenvalue weighted by atomic mass is 10.1. The van der Waals surface area contributed by atoms with Crippen molar-refractivity contribution in [1.82, 2.24) is 0 Å². The molecule has 0 unspecified atom stereocenters. The van der Waals surface area contributed by atoms with Crippen molar-refractivity contribution < 1.29 is 22.8 Å². The number of nitrogens with zero attached hydrogens (tertiary/aromatic N) is 1. The average Bonchev–Trinajstić information content (AvgIpc) is 2.53. The molecule has 7 heteroatoms. The van der Waals surface area contributed by atoms with Gasteiger partial charge < -0.3 is 0 Å². The number of hydrogen-bond donors (Lipinski definition) is 0. The quantitative estimate of drug-likeness (QED) is 0.625. The van der Waals surface area contributed by atoms with E-state index in [4.69, 9.17) is 11.8 Å². The molecule has 2 rings (SSSR count). The van der Waals surface area contributed by atoms with Gasteiger partial charge in [0.25, 0.3) is 11.7 Å². The van der Waals surface area contributed by atoms with Crippen molar-refractivity contribution in [1.29, 1.82) is 0 Å². The Bertz CT molecular complexity index is 684. The van der Waals surface area contributed by atoms with E-state index in [1.165, 1.54) is 12.1 Å². The lowest BCUT2D eigenvalue weighted by Crippen LogP contribution is -2.23. The number of ketones is 1. The van der Waals surface area contributed by atoms with Crippen LogP contribution in [0.2, 0.25) is 0 Å². The molecule has 0 aliphatic carbocycles. The highest BCUT2D eigenvalue weighted by atomic mass is 35.5. The molecule has 0 saturated heterocycles. The first-order valence-corrected chi connectivity index (χ1v) is 6.41. The summed E-state index contributed by atoms with van der Waals surface area (Å²) < 4.78 is 37.7. The van der Waals surface area contributed by atoms with Gasteiger partial charge in [-0.15, -0.1) is 0 Å². The average molecular weight is 328 g/mol. The Kier molecular flexibility index (Phi) is 4.51. The molecule has 2 aromatic rings. The van der Waals surface area contributed by atoms with Gasteiger partial charge in [0.05, 0.1) is 5.69 Å². The summed E-state index contributed by atoms with van der Waals surface area (Å²) in [5, 5.41) is 0. The molecule has 0 bridgehead atoms. The largest absolute Gasteiger partial charge is 0.454 e. The Morgan fingerprint density at radius 1 is 0.864 bits per heavy atom. The second kappa shape index (κ2) is 6.19. The van der Waals surface area contributed by atoms with Crippen LogP contribution in [0.15, 0.2) is 54.6 Å². The highest BCUT2D eigenvalue weighted by Gasteiger charge is 2.39. The zero-order valence-electron chi connectivity index (χ0n) is 11.0. The highest BCUT2D eigenvalue weighted by Crippen LogP contribution is 2.25. The summed E-state index contributed by atoms with van der Waals surface area (Å²) >= 11 is 5.89. The van der Waals surface area contributed by atoms with Crippen LogP contribution in [0, 0.1) is 0 Å². The third-order valence-electron chi connectivity index (χ3n) is 2.81. The summed E-state index contributed by atoms with van der Waals surface area (Å²) in [5.41, 5.74) is -0.0318. The van der Waals surface area contributed by atoms with E-state index >= 15 is 0 Å². The van der Waals surface area contributed by atoms with E-state index in [1.54, 1.807) is 30.3 Å². The molecular formula is C15H9ClF3NO2. The van der Waals surface area contributed by atoms with Gasteiger partial charge in [0.1, 0.15) is 0 Å². The molecule has 0 saturated carbocycles. The number of Topliss-reactive ketones (excluding diaryl/α,β-unsaturated/α-hetero) is 1. The number of amides is 1. The van der Waals surface area contributed by atoms with Gasteiger partial charge in [-0.1, -0.05) is 18.2 Å². The number of halogens is 4. The molecule has 2 aromatic carbocycles. The first-order valence-electron chi connectivity index (χ1n) is 6.07. The van der Waals surface area contributed by atoms with E-state index in [0.29, 0.717) is 5.56 Å². The van der Waals surface area contributed by atoms with E-state index in [-0.39, 0.29) is 5.69 Å². The molecule has 0 radical (unpaired) electrons. The van der Waals surface area contributed by atoms with Crippen molar-refractivity contribution in [3.63, 3.8) is 0 Å². The fraction of sp³-hybridized carbons (Fsp3) is 0.0667. The lowest BCUT2D eigenvalue weighted by molar-refractivity contribution is -0.0885. The molecule has 0 fully saturated rings. The fourth-order valence-electron chi connectivity index (χ4n) is 1.72. The van der Waals surface area contributed by atoms with Gasteiger partial charge in [-0.25, -0.2) is 4.42 Å². The Morgan fingerprint density at radius 3 is 1.91 bits per heavy atom. The third-order valence-corrected chi connectivity index (χ3v) is 3.16. The van der Waals surface area contributed by atoms with Crippen LogP contribution < -0.4 is 4.42 Å². The summed E-state index contributed by atoms with van der Waals surface area (Å²) in [7, 11) is 0. The minimum atomic E-state index is -4.94. The van der Waals surface area contributed by atoms with Gasteiger partial charge in [-0.2, -0.15) is 13.2 Å². The molecule has 0 aliphatic heterocycles. The van der Waals surface area contributed by atoms with Crippen molar-refractivity contribution >= 4 is 29.2 Å². The van der Waals surface area contributed by atoms with Crippen LogP contribution in [-0.4, -0.2) is 17.9 Å². The maximum absolute atomic E-state index is 12.3. The van der Waals surface area contributed by atoms with Crippen LogP contribution in [-0.2, 0) is 0 Å². The number of carbonyl (C=O) groups is 2. The zero-order chi connectivity index (χ0) is 16.3. The van der Waals surface area contributed by atoms with E-state index in [0.717, 1.165) is 16.6 Å². The maximum Gasteiger partial charge on any atom is 0.454 e. The van der Waals surface area contributed by atoms with Crippen molar-refractivity contribution in [2.45, 2.75) is 6.18 Å². The summed E-state index contributed by atoms with van der Waals surface area (Å²) in [6, 6.07) is 12.4. The Morgan fingerprint density at radius 2 is 1.41 bits per heavy atom. The summed E-state index contributed by atoms with van der Waals surface area (Å²) in [6.07, 6.45) is -4.94. The highest BCUT2D eigenvalue weighted by molar-refractivity contribution is 6.39. The van der Waals surface area contributed by atoms with Crippen LogP contribution in [0.5, 0.6) is 0 Å². The SMILES string of the molecule is O=C(c1ccccc1)N(Cl)c1ccc(C(=O)C(F)(F)F)cc1. The van der Waals surface area contributed by atoms with E-state index in [2.05, 4.69) is 0 Å². The lowest BCUT2D eigenvalue weighted by Gasteiger charge is -2.14. The number of hydrogen-bond acceptors (Lipinski definition) is 2. The second-order valence-corrected chi connectivity index (χ2v) is 4.66. The minimum Gasteiger partial charge on any atom is -0.284 e. The molecule has 0 spiro atoms. The van der Waals surface area contributed by atoms with Crippen LogP contribution in [0.25, 0.3) is 0 Å². The topological polar surface area (TPSA) is 37.4 Å². The van der Waals surface area contributed by atoms with Gasteiger partial charge in [-0.05, 0) is 36.4 Å². The number of rotatable bonds is 3. The maximum atomic E-state index is 12.3. The molecular weight excluding hydrogens is 319 g/mol. The van der Waals surface area contributed by atoms with Crippen molar-refractivity contribution in [2.24, 2.45) is 0 Å². The van der Waals surface area contributed by atoms with E-state index in [1.807, 2.05) is 0 Å². The van der Waals surface area contributed by atoms with Crippen molar-refractivity contribution in [2.75, 3.05) is 4.42 Å². The Hall–Kier alpha value is -2.34. The monoisotopic (exact) mass is 327 g/mol.